The van der Waals surface area contributed by atoms with Gasteiger partial charge in [0.05, 0.1) is 6.20 Å². The lowest BCUT2D eigenvalue weighted by atomic mass is 10.2. The summed E-state index contributed by atoms with van der Waals surface area (Å²) in [6.07, 6.45) is 1.33. The molecule has 0 unspecified atom stereocenters. The van der Waals surface area contributed by atoms with Crippen molar-refractivity contribution in [2.45, 2.75) is 26.4 Å². The summed E-state index contributed by atoms with van der Waals surface area (Å²) in [7, 11) is 0. The Labute approximate surface area is 119 Å². The fraction of sp³-hybridized carbons (Fsp3) is 0.286. The maximum absolute atomic E-state index is 13.6. The van der Waals surface area contributed by atoms with Gasteiger partial charge in [-0.1, -0.05) is 0 Å². The Bertz CT molecular complexity index is 647. The monoisotopic (exact) mass is 297 g/mol. The van der Waals surface area contributed by atoms with Gasteiger partial charge in [-0.3, -0.25) is 0 Å². The number of aromatic nitrogens is 1. The fourth-order valence-corrected chi connectivity index (χ4v) is 2.30. The summed E-state index contributed by atoms with van der Waals surface area (Å²) < 4.78 is 31.7. The highest BCUT2D eigenvalue weighted by Gasteiger charge is 2.21. The number of halogens is 2. The minimum absolute atomic E-state index is 0.159. The molecule has 3 nitrogen and oxygen atoms in total. The minimum atomic E-state index is -0.713. The Balaban J connectivity index is 2.27. The van der Waals surface area contributed by atoms with Gasteiger partial charge in [0.15, 0.2) is 0 Å². The number of benzene rings is 1. The highest BCUT2D eigenvalue weighted by Crippen LogP contribution is 2.28. The molecule has 0 bridgehead atoms. The first kappa shape index (κ1) is 14.6. The number of nitrogens with zero attached hydrogens (tertiary/aromatic N) is 1. The molecule has 106 valence electrons. The minimum Gasteiger partial charge on any atom is -0.456 e. The van der Waals surface area contributed by atoms with E-state index in [0.29, 0.717) is 5.01 Å². The number of rotatable bonds is 2. The molecular formula is C14H13F2NO2S. The second-order valence-electron chi connectivity index (χ2n) is 5.16. The molecule has 0 fully saturated rings. The first-order valence-electron chi connectivity index (χ1n) is 5.91. The number of hydrogen-bond acceptors (Lipinski definition) is 4. The lowest BCUT2D eigenvalue weighted by molar-refractivity contribution is 0.00750. The van der Waals surface area contributed by atoms with Gasteiger partial charge in [0.1, 0.15) is 27.1 Å². The fourth-order valence-electron chi connectivity index (χ4n) is 1.48. The summed E-state index contributed by atoms with van der Waals surface area (Å²) in [4.78, 5) is 16.1. The first-order chi connectivity index (χ1) is 9.26. The molecule has 20 heavy (non-hydrogen) atoms. The van der Waals surface area contributed by atoms with E-state index in [2.05, 4.69) is 4.98 Å². The summed E-state index contributed by atoms with van der Waals surface area (Å²) in [5.74, 6) is -1.88. The topological polar surface area (TPSA) is 39.2 Å². The highest BCUT2D eigenvalue weighted by molar-refractivity contribution is 7.16. The van der Waals surface area contributed by atoms with E-state index in [4.69, 9.17) is 4.74 Å². The molecule has 0 saturated carbocycles. The quantitative estimate of drug-likeness (QED) is 0.785. The van der Waals surface area contributed by atoms with E-state index >= 15 is 0 Å². The van der Waals surface area contributed by atoms with E-state index in [1.165, 1.54) is 12.3 Å². The van der Waals surface area contributed by atoms with Gasteiger partial charge >= 0.3 is 5.97 Å². The van der Waals surface area contributed by atoms with Crippen LogP contribution < -0.4 is 0 Å². The normalized spacial score (nSPS) is 11.4. The average molecular weight is 297 g/mol. The summed E-state index contributed by atoms with van der Waals surface area (Å²) >= 11 is 1.01. The van der Waals surface area contributed by atoms with Crippen LogP contribution in [-0.4, -0.2) is 16.6 Å². The summed E-state index contributed by atoms with van der Waals surface area (Å²) in [6, 6.07) is 3.22. The maximum atomic E-state index is 13.6. The lowest BCUT2D eigenvalue weighted by Crippen LogP contribution is -2.23. The van der Waals surface area contributed by atoms with Gasteiger partial charge in [-0.25, -0.2) is 18.6 Å². The second kappa shape index (κ2) is 5.28. The van der Waals surface area contributed by atoms with Gasteiger partial charge in [-0.05, 0) is 32.9 Å². The molecule has 6 heteroatoms. The van der Waals surface area contributed by atoms with E-state index in [-0.39, 0.29) is 10.4 Å². The molecule has 0 aliphatic rings. The smallest absolute Gasteiger partial charge is 0.350 e. The van der Waals surface area contributed by atoms with Crippen LogP contribution in [0.1, 0.15) is 30.4 Å². The molecule has 1 aromatic heterocycles. The van der Waals surface area contributed by atoms with Crippen molar-refractivity contribution >= 4 is 17.3 Å². The predicted octanol–water partition coefficient (Wildman–Crippen LogP) is 4.04. The summed E-state index contributed by atoms with van der Waals surface area (Å²) in [5.41, 5.74) is -0.450. The third-order valence-corrected chi connectivity index (χ3v) is 3.28. The van der Waals surface area contributed by atoms with Crippen LogP contribution in [-0.2, 0) is 4.74 Å². The predicted molar refractivity (Wildman–Crippen MR) is 72.6 cm³/mol. The van der Waals surface area contributed by atoms with Crippen LogP contribution in [0.2, 0.25) is 0 Å². The number of esters is 1. The molecule has 1 heterocycles. The zero-order valence-electron chi connectivity index (χ0n) is 11.2. The first-order valence-corrected chi connectivity index (χ1v) is 6.72. The van der Waals surface area contributed by atoms with E-state index in [0.717, 1.165) is 23.5 Å². The third-order valence-electron chi connectivity index (χ3n) is 2.27. The zero-order valence-corrected chi connectivity index (χ0v) is 12.1. The van der Waals surface area contributed by atoms with Gasteiger partial charge in [0.25, 0.3) is 0 Å². The van der Waals surface area contributed by atoms with Crippen LogP contribution in [0.3, 0.4) is 0 Å². The number of carbonyl (C=O) groups is 1. The molecule has 0 atom stereocenters. The van der Waals surface area contributed by atoms with Gasteiger partial charge in [-0.2, -0.15) is 0 Å². The number of carbonyl (C=O) groups excluding carboxylic acids is 1. The molecule has 0 aliphatic carbocycles. The average Bonchev–Trinajstić information content (AvgIpc) is 2.75. The van der Waals surface area contributed by atoms with Crippen LogP contribution in [0.5, 0.6) is 0 Å². The summed E-state index contributed by atoms with van der Waals surface area (Å²) in [5, 5.41) is 0.309. The van der Waals surface area contributed by atoms with Crippen LogP contribution in [0.15, 0.2) is 24.4 Å². The number of thiazole rings is 1. The Hall–Kier alpha value is -1.82. The Morgan fingerprint density at radius 2 is 2.00 bits per heavy atom. The summed E-state index contributed by atoms with van der Waals surface area (Å²) in [6.45, 7) is 5.27. The van der Waals surface area contributed by atoms with Crippen molar-refractivity contribution in [2.24, 2.45) is 0 Å². The maximum Gasteiger partial charge on any atom is 0.350 e. The van der Waals surface area contributed by atoms with E-state index in [1.807, 2.05) is 0 Å². The molecule has 0 spiro atoms. The van der Waals surface area contributed by atoms with Crippen molar-refractivity contribution in [2.75, 3.05) is 0 Å². The van der Waals surface area contributed by atoms with Crippen molar-refractivity contribution in [3.05, 3.63) is 40.9 Å². The lowest BCUT2D eigenvalue weighted by Gasteiger charge is -2.18. The van der Waals surface area contributed by atoms with Crippen LogP contribution in [0.25, 0.3) is 10.6 Å². The zero-order chi connectivity index (χ0) is 14.9. The van der Waals surface area contributed by atoms with E-state index in [9.17, 15) is 13.6 Å². The second-order valence-corrected chi connectivity index (χ2v) is 6.19. The Morgan fingerprint density at radius 1 is 1.30 bits per heavy atom. The number of hydrogen-bond donors (Lipinski definition) is 0. The molecule has 0 saturated heterocycles. The molecule has 2 aromatic rings. The third kappa shape index (κ3) is 3.39. The van der Waals surface area contributed by atoms with Gasteiger partial charge in [0.2, 0.25) is 0 Å². The van der Waals surface area contributed by atoms with Crippen molar-refractivity contribution in [3.8, 4) is 10.6 Å². The number of ether oxygens (including phenoxy) is 1. The molecule has 1 aromatic carbocycles. The SMILES string of the molecule is CC(C)(C)OC(=O)c1cnc(-c2ccc(F)cc2F)s1. The Kier molecular flexibility index (Phi) is 3.85. The molecule has 0 radical (unpaired) electrons. The van der Waals surface area contributed by atoms with Crippen LogP contribution in [0, 0.1) is 11.6 Å². The molecule has 0 amide bonds. The standard InChI is InChI=1S/C14H13F2NO2S/c1-14(2,3)19-13(18)11-7-17-12(20-11)9-5-4-8(15)6-10(9)16/h4-7H,1-3H3. The Morgan fingerprint density at radius 3 is 2.60 bits per heavy atom. The van der Waals surface area contributed by atoms with Crippen molar-refractivity contribution in [1.29, 1.82) is 0 Å². The van der Waals surface area contributed by atoms with Crippen LogP contribution in [0.4, 0.5) is 8.78 Å². The van der Waals surface area contributed by atoms with Gasteiger partial charge in [0, 0.05) is 11.6 Å². The molecule has 0 aliphatic heterocycles. The van der Waals surface area contributed by atoms with Crippen LogP contribution >= 0.6 is 11.3 Å². The van der Waals surface area contributed by atoms with Crippen molar-refractivity contribution in [1.82, 2.24) is 4.98 Å². The van der Waals surface area contributed by atoms with Gasteiger partial charge < -0.3 is 4.74 Å². The molecule has 0 N–H and O–H groups in total. The molecule has 2 rings (SSSR count). The highest BCUT2D eigenvalue weighted by atomic mass is 32.1. The van der Waals surface area contributed by atoms with Crippen molar-refractivity contribution < 1.29 is 18.3 Å². The van der Waals surface area contributed by atoms with Crippen molar-refractivity contribution in [3.63, 3.8) is 0 Å². The van der Waals surface area contributed by atoms with E-state index in [1.54, 1.807) is 20.8 Å². The van der Waals surface area contributed by atoms with E-state index < -0.39 is 23.2 Å². The van der Waals surface area contributed by atoms with Gasteiger partial charge in [-0.15, -0.1) is 11.3 Å². The molecular weight excluding hydrogens is 284 g/mol. The largest absolute Gasteiger partial charge is 0.456 e.